The summed E-state index contributed by atoms with van der Waals surface area (Å²) in [5.74, 6) is 1.45. The van der Waals surface area contributed by atoms with Crippen molar-refractivity contribution in [3.05, 3.63) is 0 Å². The Hall–Kier alpha value is -0.570. The molecular formula is C11H22N2O. The Bertz CT molecular complexity index is 186. The fraction of sp³-hybridized carbons (Fsp3) is 0.909. The van der Waals surface area contributed by atoms with Gasteiger partial charge in [-0.25, -0.2) is 0 Å². The first-order chi connectivity index (χ1) is 6.61. The summed E-state index contributed by atoms with van der Waals surface area (Å²) in [6, 6.07) is 0. The van der Waals surface area contributed by atoms with Gasteiger partial charge in [-0.1, -0.05) is 6.92 Å². The minimum absolute atomic E-state index is 0.253. The van der Waals surface area contributed by atoms with Crippen LogP contribution in [0.3, 0.4) is 0 Å². The van der Waals surface area contributed by atoms with E-state index in [4.69, 9.17) is 0 Å². The quantitative estimate of drug-likeness (QED) is 0.736. The van der Waals surface area contributed by atoms with Crippen LogP contribution >= 0.6 is 0 Å². The first-order valence-corrected chi connectivity index (χ1v) is 5.52. The number of nitrogens with one attached hydrogen (secondary N) is 1. The Balaban J connectivity index is 2.32. The number of piperidine rings is 1. The van der Waals surface area contributed by atoms with Crippen molar-refractivity contribution in [1.29, 1.82) is 0 Å². The van der Waals surface area contributed by atoms with E-state index in [-0.39, 0.29) is 5.91 Å². The first-order valence-electron chi connectivity index (χ1n) is 5.52. The van der Waals surface area contributed by atoms with E-state index in [1.807, 2.05) is 14.1 Å². The maximum absolute atomic E-state index is 11.5. The molecule has 1 amide bonds. The lowest BCUT2D eigenvalue weighted by Gasteiger charge is -2.28. The highest BCUT2D eigenvalue weighted by molar-refractivity contribution is 5.75. The van der Waals surface area contributed by atoms with E-state index < -0.39 is 0 Å². The van der Waals surface area contributed by atoms with Crippen molar-refractivity contribution >= 4 is 5.91 Å². The number of nitrogens with zero attached hydrogens (tertiary/aromatic N) is 1. The van der Waals surface area contributed by atoms with Crippen molar-refractivity contribution < 1.29 is 4.79 Å². The molecule has 3 nitrogen and oxygen atoms in total. The van der Waals surface area contributed by atoms with Crippen molar-refractivity contribution in [2.24, 2.45) is 11.8 Å². The molecule has 1 N–H and O–H groups in total. The molecule has 0 aromatic carbocycles. The van der Waals surface area contributed by atoms with E-state index in [2.05, 4.69) is 12.2 Å². The van der Waals surface area contributed by atoms with Crippen LogP contribution < -0.4 is 5.32 Å². The third-order valence-electron chi connectivity index (χ3n) is 3.14. The minimum Gasteiger partial charge on any atom is -0.349 e. The summed E-state index contributed by atoms with van der Waals surface area (Å²) < 4.78 is 0. The second-order valence-electron chi connectivity index (χ2n) is 4.58. The molecule has 0 spiro atoms. The molecule has 14 heavy (non-hydrogen) atoms. The molecule has 0 saturated carbocycles. The molecule has 2 atom stereocenters. The van der Waals surface area contributed by atoms with Crippen molar-refractivity contribution in [2.45, 2.75) is 26.2 Å². The van der Waals surface area contributed by atoms with E-state index in [1.165, 1.54) is 12.8 Å². The smallest absolute Gasteiger partial charge is 0.222 e. The molecular weight excluding hydrogens is 176 g/mol. The molecule has 1 aliphatic rings. The summed E-state index contributed by atoms with van der Waals surface area (Å²) in [5, 5.41) is 3.39. The summed E-state index contributed by atoms with van der Waals surface area (Å²) in [4.78, 5) is 13.2. The third kappa shape index (κ3) is 3.29. The summed E-state index contributed by atoms with van der Waals surface area (Å²) in [7, 11) is 3.66. The summed E-state index contributed by atoms with van der Waals surface area (Å²) in [6.45, 7) is 4.42. The van der Waals surface area contributed by atoms with Gasteiger partial charge in [-0.2, -0.15) is 0 Å². The monoisotopic (exact) mass is 198 g/mol. The van der Waals surface area contributed by atoms with E-state index in [0.29, 0.717) is 18.3 Å². The molecule has 1 heterocycles. The number of carbonyl (C=O) groups excluding carboxylic acids is 1. The lowest BCUT2D eigenvalue weighted by Crippen LogP contribution is -2.35. The molecule has 1 aliphatic heterocycles. The zero-order chi connectivity index (χ0) is 10.6. The fourth-order valence-electron chi connectivity index (χ4n) is 1.99. The number of carbonyl (C=O) groups is 1. The molecule has 1 fully saturated rings. The average molecular weight is 198 g/mol. The van der Waals surface area contributed by atoms with Crippen LogP contribution in [-0.4, -0.2) is 38.0 Å². The molecule has 0 radical (unpaired) electrons. The predicted octanol–water partition coefficient (Wildman–Crippen LogP) is 1.10. The second-order valence-corrected chi connectivity index (χ2v) is 4.58. The van der Waals surface area contributed by atoms with Crippen LogP contribution in [0.5, 0.6) is 0 Å². The van der Waals surface area contributed by atoms with Crippen molar-refractivity contribution in [1.82, 2.24) is 10.2 Å². The van der Waals surface area contributed by atoms with Crippen LogP contribution in [0.1, 0.15) is 26.2 Å². The lowest BCUT2D eigenvalue weighted by molar-refractivity contribution is -0.130. The molecule has 0 aromatic rings. The van der Waals surface area contributed by atoms with Gasteiger partial charge in [0.2, 0.25) is 5.91 Å². The van der Waals surface area contributed by atoms with Gasteiger partial charge in [0, 0.05) is 20.5 Å². The van der Waals surface area contributed by atoms with Crippen molar-refractivity contribution in [2.75, 3.05) is 27.2 Å². The first kappa shape index (κ1) is 11.5. The zero-order valence-electron chi connectivity index (χ0n) is 9.55. The molecule has 0 aromatic heterocycles. The number of hydrogen-bond acceptors (Lipinski definition) is 2. The highest BCUT2D eigenvalue weighted by Gasteiger charge is 2.22. The number of rotatable bonds is 3. The molecule has 0 aliphatic carbocycles. The average Bonchev–Trinajstić information content (AvgIpc) is 2.19. The van der Waals surface area contributed by atoms with E-state index in [0.717, 1.165) is 13.1 Å². The van der Waals surface area contributed by atoms with Gasteiger partial charge in [0.1, 0.15) is 0 Å². The summed E-state index contributed by atoms with van der Waals surface area (Å²) >= 11 is 0. The molecule has 82 valence electrons. The van der Waals surface area contributed by atoms with Gasteiger partial charge in [-0.15, -0.1) is 0 Å². The maximum Gasteiger partial charge on any atom is 0.222 e. The van der Waals surface area contributed by atoms with E-state index in [9.17, 15) is 4.79 Å². The molecule has 1 saturated heterocycles. The largest absolute Gasteiger partial charge is 0.349 e. The van der Waals surface area contributed by atoms with Gasteiger partial charge in [0.25, 0.3) is 0 Å². The van der Waals surface area contributed by atoms with Gasteiger partial charge in [0.15, 0.2) is 0 Å². The standard InChI is InChI=1S/C11H22N2O/c1-9(7-11(14)13(2)3)10-5-4-6-12-8-10/h9-10,12H,4-8H2,1-3H3. The maximum atomic E-state index is 11.5. The molecule has 3 heteroatoms. The summed E-state index contributed by atoms with van der Waals surface area (Å²) in [5.41, 5.74) is 0. The Morgan fingerprint density at radius 3 is 2.79 bits per heavy atom. The molecule has 1 rings (SSSR count). The molecule has 0 bridgehead atoms. The highest BCUT2D eigenvalue weighted by Crippen LogP contribution is 2.22. The van der Waals surface area contributed by atoms with Gasteiger partial charge < -0.3 is 10.2 Å². The Morgan fingerprint density at radius 2 is 2.29 bits per heavy atom. The Kier molecular flexibility index (Phi) is 4.39. The van der Waals surface area contributed by atoms with E-state index in [1.54, 1.807) is 4.90 Å². The van der Waals surface area contributed by atoms with Crippen LogP contribution in [-0.2, 0) is 4.79 Å². The highest BCUT2D eigenvalue weighted by atomic mass is 16.2. The van der Waals surface area contributed by atoms with Crippen molar-refractivity contribution in [3.63, 3.8) is 0 Å². The summed E-state index contributed by atoms with van der Waals surface area (Å²) in [6.07, 6.45) is 3.22. The van der Waals surface area contributed by atoms with Crippen LogP contribution in [0.15, 0.2) is 0 Å². The van der Waals surface area contributed by atoms with E-state index >= 15 is 0 Å². The van der Waals surface area contributed by atoms with Crippen LogP contribution in [0, 0.1) is 11.8 Å². The Labute approximate surface area is 86.9 Å². The number of hydrogen-bond donors (Lipinski definition) is 1. The van der Waals surface area contributed by atoms with Gasteiger partial charge >= 0.3 is 0 Å². The topological polar surface area (TPSA) is 32.3 Å². The fourth-order valence-corrected chi connectivity index (χ4v) is 1.99. The van der Waals surface area contributed by atoms with Crippen LogP contribution in [0.4, 0.5) is 0 Å². The minimum atomic E-state index is 0.253. The van der Waals surface area contributed by atoms with Gasteiger partial charge in [0.05, 0.1) is 0 Å². The van der Waals surface area contributed by atoms with Gasteiger partial charge in [-0.05, 0) is 37.8 Å². The second kappa shape index (κ2) is 5.35. The lowest BCUT2D eigenvalue weighted by atomic mass is 9.85. The zero-order valence-corrected chi connectivity index (χ0v) is 9.55. The van der Waals surface area contributed by atoms with Crippen LogP contribution in [0.25, 0.3) is 0 Å². The number of amides is 1. The van der Waals surface area contributed by atoms with Crippen LogP contribution in [0.2, 0.25) is 0 Å². The predicted molar refractivity (Wildman–Crippen MR) is 58.1 cm³/mol. The molecule has 2 unspecified atom stereocenters. The normalized spacial score (nSPS) is 24.4. The Morgan fingerprint density at radius 1 is 1.57 bits per heavy atom. The van der Waals surface area contributed by atoms with Gasteiger partial charge in [-0.3, -0.25) is 4.79 Å². The SMILES string of the molecule is CC(CC(=O)N(C)C)C1CCCNC1. The van der Waals surface area contributed by atoms with Crippen molar-refractivity contribution in [3.8, 4) is 0 Å². The third-order valence-corrected chi connectivity index (χ3v) is 3.14.